The normalized spacial score (nSPS) is 21.6. The Kier molecular flexibility index (Phi) is 8.16. The van der Waals surface area contributed by atoms with Crippen LogP contribution < -0.4 is 4.74 Å². The summed E-state index contributed by atoms with van der Waals surface area (Å²) in [5.74, 6) is 0.777. The highest BCUT2D eigenvalue weighted by molar-refractivity contribution is 9.10. The van der Waals surface area contributed by atoms with E-state index >= 15 is 0 Å². The van der Waals surface area contributed by atoms with Crippen LogP contribution in [0.25, 0.3) is 0 Å². The predicted octanol–water partition coefficient (Wildman–Crippen LogP) is 1.14. The Labute approximate surface area is 164 Å². The molecule has 2 fully saturated rings. The third kappa shape index (κ3) is 6.48. The fourth-order valence-corrected chi connectivity index (χ4v) is 3.80. The first kappa shape index (κ1) is 20.0. The van der Waals surface area contributed by atoms with Crippen LogP contribution in [0.1, 0.15) is 0 Å². The van der Waals surface area contributed by atoms with Crippen molar-refractivity contribution in [2.45, 2.75) is 6.10 Å². The number of aliphatic hydroxyl groups is 1. The molecular weight excluding hydrogens is 398 g/mol. The molecule has 1 atom stereocenters. The summed E-state index contributed by atoms with van der Waals surface area (Å²) >= 11 is 3.46. The van der Waals surface area contributed by atoms with Crippen LogP contribution in [-0.4, -0.2) is 105 Å². The first-order valence-corrected chi connectivity index (χ1v) is 10.3. The lowest BCUT2D eigenvalue weighted by Gasteiger charge is -2.37. The van der Waals surface area contributed by atoms with Crippen molar-refractivity contribution in [2.24, 2.45) is 0 Å². The van der Waals surface area contributed by atoms with Crippen LogP contribution in [0.5, 0.6) is 5.75 Å². The number of aliphatic hydroxyl groups excluding tert-OH is 1. The Morgan fingerprint density at radius 2 is 1.58 bits per heavy atom. The summed E-state index contributed by atoms with van der Waals surface area (Å²) in [6, 6.07) is 7.73. The van der Waals surface area contributed by atoms with Crippen molar-refractivity contribution in [3.8, 4) is 5.75 Å². The molecule has 2 heterocycles. The van der Waals surface area contributed by atoms with Crippen LogP contribution in [0, 0.1) is 0 Å². The Bertz CT molecular complexity index is 535. The van der Waals surface area contributed by atoms with E-state index in [9.17, 15) is 5.11 Å². The van der Waals surface area contributed by atoms with Gasteiger partial charge in [-0.15, -0.1) is 0 Å². The Morgan fingerprint density at radius 3 is 2.27 bits per heavy atom. The molecule has 1 N–H and O–H groups in total. The number of rotatable bonds is 8. The van der Waals surface area contributed by atoms with Gasteiger partial charge >= 0.3 is 0 Å². The second kappa shape index (κ2) is 10.6. The number of hydrogen-bond acceptors (Lipinski definition) is 6. The fraction of sp³-hybridized carbons (Fsp3) is 0.684. The highest BCUT2D eigenvalue weighted by Crippen LogP contribution is 2.23. The van der Waals surface area contributed by atoms with Crippen LogP contribution in [0.2, 0.25) is 0 Å². The molecule has 26 heavy (non-hydrogen) atoms. The molecular formula is C19H30BrN3O3. The van der Waals surface area contributed by atoms with Gasteiger partial charge in [0.2, 0.25) is 0 Å². The summed E-state index contributed by atoms with van der Waals surface area (Å²) in [6.45, 7) is 11.3. The smallest absolute Gasteiger partial charge is 0.133 e. The number of halogens is 1. The second-order valence-corrected chi connectivity index (χ2v) is 7.85. The zero-order valence-electron chi connectivity index (χ0n) is 15.4. The van der Waals surface area contributed by atoms with E-state index in [-0.39, 0.29) is 0 Å². The summed E-state index contributed by atoms with van der Waals surface area (Å²) in [5, 5.41) is 10.3. The van der Waals surface area contributed by atoms with Crippen molar-refractivity contribution in [3.05, 3.63) is 28.7 Å². The van der Waals surface area contributed by atoms with Crippen molar-refractivity contribution in [1.29, 1.82) is 0 Å². The zero-order valence-corrected chi connectivity index (χ0v) is 16.9. The van der Waals surface area contributed by atoms with E-state index in [1.54, 1.807) is 0 Å². The number of β-amino-alcohol motifs (C(OH)–C–C–N with tert-alkyl or cyclic N) is 1. The fourth-order valence-electron chi connectivity index (χ4n) is 3.40. The molecule has 0 bridgehead atoms. The molecule has 0 radical (unpaired) electrons. The molecule has 2 aliphatic heterocycles. The maximum absolute atomic E-state index is 10.3. The summed E-state index contributed by atoms with van der Waals surface area (Å²) in [6.07, 6.45) is -0.470. The van der Waals surface area contributed by atoms with Crippen LogP contribution >= 0.6 is 15.9 Å². The third-order valence-electron chi connectivity index (χ3n) is 5.04. The van der Waals surface area contributed by atoms with Crippen molar-refractivity contribution in [3.63, 3.8) is 0 Å². The summed E-state index contributed by atoms with van der Waals surface area (Å²) in [7, 11) is 0. The Hall–Kier alpha value is -0.700. The van der Waals surface area contributed by atoms with Crippen LogP contribution in [0.4, 0.5) is 0 Å². The van der Waals surface area contributed by atoms with E-state index < -0.39 is 6.10 Å². The third-order valence-corrected chi connectivity index (χ3v) is 5.69. The lowest BCUT2D eigenvalue weighted by atomic mass is 10.2. The van der Waals surface area contributed by atoms with Gasteiger partial charge in [0.1, 0.15) is 18.5 Å². The molecule has 3 rings (SSSR count). The first-order valence-electron chi connectivity index (χ1n) is 9.51. The van der Waals surface area contributed by atoms with Gasteiger partial charge in [-0.2, -0.15) is 0 Å². The molecule has 1 aromatic carbocycles. The molecule has 6 nitrogen and oxygen atoms in total. The maximum atomic E-state index is 10.3. The van der Waals surface area contributed by atoms with Crippen LogP contribution in [0.3, 0.4) is 0 Å². The average molecular weight is 428 g/mol. The van der Waals surface area contributed by atoms with E-state index in [1.807, 2.05) is 24.3 Å². The number of hydrogen-bond donors (Lipinski definition) is 1. The molecule has 146 valence electrons. The summed E-state index contributed by atoms with van der Waals surface area (Å²) < 4.78 is 12.0. The number of benzene rings is 1. The Balaban J connectivity index is 1.30. The van der Waals surface area contributed by atoms with Crippen LogP contribution in [-0.2, 0) is 4.74 Å². The Morgan fingerprint density at radius 1 is 0.962 bits per heavy atom. The SMILES string of the molecule is OC(COc1ccccc1Br)CN1CCN(CCN2CCOCC2)CC1. The van der Waals surface area contributed by atoms with Crippen LogP contribution in [0.15, 0.2) is 28.7 Å². The average Bonchev–Trinajstić information content (AvgIpc) is 2.68. The van der Waals surface area contributed by atoms with Gasteiger partial charge in [0.05, 0.1) is 17.7 Å². The molecule has 0 amide bonds. The molecule has 0 aromatic heterocycles. The van der Waals surface area contributed by atoms with Crippen molar-refractivity contribution in [1.82, 2.24) is 14.7 Å². The molecule has 2 aliphatic rings. The largest absolute Gasteiger partial charge is 0.490 e. The molecule has 0 spiro atoms. The predicted molar refractivity (Wildman–Crippen MR) is 106 cm³/mol. The number of morpholine rings is 1. The second-order valence-electron chi connectivity index (χ2n) is 6.99. The van der Waals surface area contributed by atoms with Crippen molar-refractivity contribution < 1.29 is 14.6 Å². The van der Waals surface area contributed by atoms with E-state index in [0.717, 1.165) is 75.8 Å². The standard InChI is InChI=1S/C19H30BrN3O3/c20-18-3-1-2-4-19(18)26-16-17(24)15-23-9-7-21(8-10-23)5-6-22-11-13-25-14-12-22/h1-4,17,24H,5-16H2. The molecule has 2 saturated heterocycles. The van der Waals surface area contributed by atoms with E-state index in [1.165, 1.54) is 0 Å². The monoisotopic (exact) mass is 427 g/mol. The first-order chi connectivity index (χ1) is 12.7. The lowest BCUT2D eigenvalue weighted by Crippen LogP contribution is -2.51. The highest BCUT2D eigenvalue weighted by atomic mass is 79.9. The van der Waals surface area contributed by atoms with Crippen molar-refractivity contribution in [2.75, 3.05) is 78.7 Å². The maximum Gasteiger partial charge on any atom is 0.133 e. The zero-order chi connectivity index (χ0) is 18.2. The topological polar surface area (TPSA) is 48.4 Å². The number of para-hydroxylation sites is 1. The van der Waals surface area contributed by atoms with Gasteiger partial charge in [-0.25, -0.2) is 0 Å². The molecule has 1 unspecified atom stereocenters. The minimum atomic E-state index is -0.470. The lowest BCUT2D eigenvalue weighted by molar-refractivity contribution is 0.0241. The number of nitrogens with zero attached hydrogens (tertiary/aromatic N) is 3. The minimum Gasteiger partial charge on any atom is -0.490 e. The summed E-state index contributed by atoms with van der Waals surface area (Å²) in [4.78, 5) is 7.34. The van der Waals surface area contributed by atoms with E-state index in [2.05, 4.69) is 30.6 Å². The van der Waals surface area contributed by atoms with Gasteiger partial charge in [0.25, 0.3) is 0 Å². The van der Waals surface area contributed by atoms with Crippen molar-refractivity contribution >= 4 is 15.9 Å². The highest BCUT2D eigenvalue weighted by Gasteiger charge is 2.20. The number of ether oxygens (including phenoxy) is 2. The quantitative estimate of drug-likeness (QED) is 0.671. The minimum absolute atomic E-state index is 0.319. The van der Waals surface area contributed by atoms with Gasteiger partial charge in [-0.1, -0.05) is 12.1 Å². The van der Waals surface area contributed by atoms with Gasteiger partial charge in [0, 0.05) is 58.9 Å². The van der Waals surface area contributed by atoms with E-state index in [4.69, 9.17) is 9.47 Å². The molecule has 7 heteroatoms. The van der Waals surface area contributed by atoms with Gasteiger partial charge in [-0.05, 0) is 28.1 Å². The molecule has 1 aromatic rings. The molecule has 0 saturated carbocycles. The van der Waals surface area contributed by atoms with Gasteiger partial charge in [0.15, 0.2) is 0 Å². The van der Waals surface area contributed by atoms with Gasteiger partial charge < -0.3 is 14.6 Å². The molecule has 0 aliphatic carbocycles. The van der Waals surface area contributed by atoms with Gasteiger partial charge in [-0.3, -0.25) is 14.7 Å². The van der Waals surface area contributed by atoms with E-state index in [0.29, 0.717) is 13.2 Å². The summed E-state index contributed by atoms with van der Waals surface area (Å²) in [5.41, 5.74) is 0. The number of piperazine rings is 1.